The van der Waals surface area contributed by atoms with Crippen LogP contribution in [0.2, 0.25) is 0 Å². The molecule has 1 atom stereocenters. The normalized spacial score (nSPS) is 24.1. The minimum absolute atomic E-state index is 0.0856. The molecule has 100 valence electrons. The summed E-state index contributed by atoms with van der Waals surface area (Å²) >= 11 is 0. The fraction of sp³-hybridized carbons (Fsp3) is 0.400. The first kappa shape index (κ1) is 12.4. The van der Waals surface area contributed by atoms with E-state index in [1.54, 1.807) is 7.11 Å². The lowest BCUT2D eigenvalue weighted by Crippen LogP contribution is -2.43. The van der Waals surface area contributed by atoms with Crippen molar-refractivity contribution in [2.75, 3.05) is 27.2 Å². The van der Waals surface area contributed by atoms with Crippen LogP contribution < -0.4 is 0 Å². The second-order valence-corrected chi connectivity index (χ2v) is 5.30. The zero-order valence-corrected chi connectivity index (χ0v) is 11.3. The lowest BCUT2D eigenvalue weighted by atomic mass is 9.91. The number of aromatic amines is 1. The largest absolute Gasteiger partial charge is 0.369 e. The average molecular weight is 258 g/mol. The third-order valence-corrected chi connectivity index (χ3v) is 4.04. The van der Waals surface area contributed by atoms with Gasteiger partial charge >= 0.3 is 0 Å². The van der Waals surface area contributed by atoms with Gasteiger partial charge < -0.3 is 14.6 Å². The summed E-state index contributed by atoms with van der Waals surface area (Å²) in [6.45, 7) is 1.56. The molecular formula is C15H18N2O2. The number of fused-ring (bicyclic) bond motifs is 1. The Balaban J connectivity index is 1.98. The van der Waals surface area contributed by atoms with Crippen LogP contribution in [0.15, 0.2) is 30.5 Å². The molecule has 1 aromatic carbocycles. The van der Waals surface area contributed by atoms with Gasteiger partial charge in [0.15, 0.2) is 5.78 Å². The first-order chi connectivity index (χ1) is 9.14. The van der Waals surface area contributed by atoms with E-state index in [9.17, 15) is 4.79 Å². The number of methoxy groups -OCH3 is 1. The van der Waals surface area contributed by atoms with Gasteiger partial charge in [-0.15, -0.1) is 0 Å². The molecule has 0 amide bonds. The second-order valence-electron chi connectivity index (χ2n) is 5.30. The third-order valence-electron chi connectivity index (χ3n) is 4.04. The highest BCUT2D eigenvalue weighted by atomic mass is 16.5. The van der Waals surface area contributed by atoms with E-state index >= 15 is 0 Å². The van der Waals surface area contributed by atoms with Gasteiger partial charge in [0.1, 0.15) is 5.60 Å². The highest BCUT2D eigenvalue weighted by Gasteiger charge is 2.44. The van der Waals surface area contributed by atoms with Crippen LogP contribution in [0.25, 0.3) is 10.9 Å². The Morgan fingerprint density at radius 2 is 2.26 bits per heavy atom. The average Bonchev–Trinajstić information content (AvgIpc) is 3.03. The topological polar surface area (TPSA) is 45.3 Å². The summed E-state index contributed by atoms with van der Waals surface area (Å²) in [7, 11) is 3.65. The van der Waals surface area contributed by atoms with Crippen molar-refractivity contribution in [2.24, 2.45) is 0 Å². The molecule has 1 aliphatic rings. The monoisotopic (exact) mass is 258 g/mol. The third kappa shape index (κ3) is 1.97. The predicted octanol–water partition coefficient (Wildman–Crippen LogP) is 2.07. The molecular weight excluding hydrogens is 240 g/mol. The van der Waals surface area contributed by atoms with E-state index < -0.39 is 5.60 Å². The number of Topliss-reactive ketones (excluding diaryl/α,β-unsaturated/α-hetero) is 1. The molecule has 1 aromatic heterocycles. The summed E-state index contributed by atoms with van der Waals surface area (Å²) in [6, 6.07) is 7.74. The van der Waals surface area contributed by atoms with Crippen LogP contribution in [-0.4, -0.2) is 48.5 Å². The SMILES string of the molecule is COC1(C(=O)c2ccc3[nH]ccc3c2)CCN(C)C1. The highest BCUT2D eigenvalue weighted by molar-refractivity contribution is 6.05. The van der Waals surface area contributed by atoms with Crippen molar-refractivity contribution in [1.82, 2.24) is 9.88 Å². The molecule has 0 radical (unpaired) electrons. The number of aromatic nitrogens is 1. The molecule has 1 fully saturated rings. The van der Waals surface area contributed by atoms with E-state index in [1.807, 2.05) is 37.5 Å². The number of carbonyl (C=O) groups is 1. The van der Waals surface area contributed by atoms with E-state index in [1.165, 1.54) is 0 Å². The van der Waals surface area contributed by atoms with Crippen LogP contribution in [0.4, 0.5) is 0 Å². The Hall–Kier alpha value is -1.65. The number of carbonyl (C=O) groups excluding carboxylic acids is 1. The Bertz CT molecular complexity index is 619. The van der Waals surface area contributed by atoms with Crippen molar-refractivity contribution in [1.29, 1.82) is 0 Å². The van der Waals surface area contributed by atoms with Gasteiger partial charge in [0.2, 0.25) is 0 Å². The first-order valence-corrected chi connectivity index (χ1v) is 6.50. The minimum atomic E-state index is -0.682. The molecule has 4 nitrogen and oxygen atoms in total. The number of ether oxygens (including phenoxy) is 1. The van der Waals surface area contributed by atoms with Crippen molar-refractivity contribution in [3.8, 4) is 0 Å². The van der Waals surface area contributed by atoms with Crippen LogP contribution in [0, 0.1) is 0 Å². The minimum Gasteiger partial charge on any atom is -0.369 e. The number of likely N-dealkylation sites (tertiary alicyclic amines) is 1. The summed E-state index contributed by atoms with van der Waals surface area (Å²) < 4.78 is 5.58. The molecule has 0 saturated carbocycles. The fourth-order valence-corrected chi connectivity index (χ4v) is 2.87. The van der Waals surface area contributed by atoms with Gasteiger partial charge in [-0.05, 0) is 37.7 Å². The van der Waals surface area contributed by atoms with Crippen molar-refractivity contribution in [3.05, 3.63) is 36.0 Å². The lowest BCUT2D eigenvalue weighted by molar-refractivity contribution is 0.00885. The molecule has 1 saturated heterocycles. The summed E-state index contributed by atoms with van der Waals surface area (Å²) in [4.78, 5) is 18.0. The zero-order chi connectivity index (χ0) is 13.5. The number of benzene rings is 1. The maximum Gasteiger partial charge on any atom is 0.196 e. The van der Waals surface area contributed by atoms with Gasteiger partial charge in [-0.25, -0.2) is 0 Å². The Morgan fingerprint density at radius 1 is 1.42 bits per heavy atom. The number of hydrogen-bond acceptors (Lipinski definition) is 3. The number of nitrogens with one attached hydrogen (secondary N) is 1. The number of H-pyrrole nitrogens is 1. The predicted molar refractivity (Wildman–Crippen MR) is 74.5 cm³/mol. The van der Waals surface area contributed by atoms with Gasteiger partial charge in [0, 0.05) is 42.9 Å². The Morgan fingerprint density at radius 3 is 2.95 bits per heavy atom. The van der Waals surface area contributed by atoms with Gasteiger partial charge in [0.05, 0.1) is 0 Å². The zero-order valence-electron chi connectivity index (χ0n) is 11.3. The molecule has 1 unspecified atom stereocenters. The number of likely N-dealkylation sites (N-methyl/N-ethyl adjacent to an activating group) is 1. The number of nitrogens with zero attached hydrogens (tertiary/aromatic N) is 1. The molecule has 1 aliphatic heterocycles. The molecule has 0 spiro atoms. The standard InChI is InChI=1S/C15H18N2O2/c1-17-8-6-15(10-17,19-2)14(18)12-3-4-13-11(9-12)5-7-16-13/h3-5,7,9,16H,6,8,10H2,1-2H3. The summed E-state index contributed by atoms with van der Waals surface area (Å²) in [6.07, 6.45) is 2.64. The van der Waals surface area contributed by atoms with Crippen molar-refractivity contribution in [3.63, 3.8) is 0 Å². The molecule has 1 N–H and O–H groups in total. The van der Waals surface area contributed by atoms with Crippen molar-refractivity contribution < 1.29 is 9.53 Å². The molecule has 4 heteroatoms. The van der Waals surface area contributed by atoms with Gasteiger partial charge in [-0.3, -0.25) is 4.79 Å². The van der Waals surface area contributed by atoms with E-state index in [0.717, 1.165) is 29.4 Å². The molecule has 0 aliphatic carbocycles. The van der Waals surface area contributed by atoms with Gasteiger partial charge in [-0.1, -0.05) is 0 Å². The quantitative estimate of drug-likeness (QED) is 0.857. The van der Waals surface area contributed by atoms with E-state index in [4.69, 9.17) is 4.74 Å². The fourth-order valence-electron chi connectivity index (χ4n) is 2.87. The molecule has 19 heavy (non-hydrogen) atoms. The maximum absolute atomic E-state index is 12.7. The van der Waals surface area contributed by atoms with Gasteiger partial charge in [-0.2, -0.15) is 0 Å². The van der Waals surface area contributed by atoms with Crippen LogP contribution in [0.1, 0.15) is 16.8 Å². The number of ketones is 1. The summed E-state index contributed by atoms with van der Waals surface area (Å²) in [5.74, 6) is 0.0856. The Labute approximate surface area is 112 Å². The Kier molecular flexibility index (Phi) is 2.92. The summed E-state index contributed by atoms with van der Waals surface area (Å²) in [5, 5.41) is 1.06. The first-order valence-electron chi connectivity index (χ1n) is 6.50. The smallest absolute Gasteiger partial charge is 0.196 e. The summed E-state index contributed by atoms with van der Waals surface area (Å²) in [5.41, 5.74) is 1.09. The maximum atomic E-state index is 12.7. The van der Waals surface area contributed by atoms with Crippen molar-refractivity contribution in [2.45, 2.75) is 12.0 Å². The number of hydrogen-bond donors (Lipinski definition) is 1. The van der Waals surface area contributed by atoms with Crippen LogP contribution in [-0.2, 0) is 4.74 Å². The second kappa shape index (κ2) is 4.47. The van der Waals surface area contributed by atoms with Crippen LogP contribution in [0.5, 0.6) is 0 Å². The van der Waals surface area contributed by atoms with E-state index in [2.05, 4.69) is 9.88 Å². The lowest BCUT2D eigenvalue weighted by Gasteiger charge is -2.25. The molecule has 0 bridgehead atoms. The van der Waals surface area contributed by atoms with Gasteiger partial charge in [0.25, 0.3) is 0 Å². The molecule has 2 aromatic rings. The number of rotatable bonds is 3. The molecule has 3 rings (SSSR count). The van der Waals surface area contributed by atoms with E-state index in [-0.39, 0.29) is 5.78 Å². The van der Waals surface area contributed by atoms with E-state index in [0.29, 0.717) is 6.54 Å². The van der Waals surface area contributed by atoms with Crippen LogP contribution >= 0.6 is 0 Å². The van der Waals surface area contributed by atoms with Crippen molar-refractivity contribution >= 4 is 16.7 Å². The molecule has 2 heterocycles. The highest BCUT2D eigenvalue weighted by Crippen LogP contribution is 2.29. The van der Waals surface area contributed by atoms with Crippen LogP contribution in [0.3, 0.4) is 0 Å².